The van der Waals surface area contributed by atoms with Crippen LogP contribution >= 0.6 is 0 Å². The number of para-hydroxylation sites is 1. The van der Waals surface area contributed by atoms with E-state index < -0.39 is 21.6 Å². The largest absolute Gasteiger partial charge is 0.534 e. The van der Waals surface area contributed by atoms with Crippen LogP contribution in [0, 0.1) is 0 Å². The number of alkyl halides is 3. The molecule has 136 valence electrons. The van der Waals surface area contributed by atoms with Crippen LogP contribution in [0.15, 0.2) is 35.9 Å². The summed E-state index contributed by atoms with van der Waals surface area (Å²) in [6, 6.07) is 5.39. The highest BCUT2D eigenvalue weighted by Gasteiger charge is 2.49. The Kier molecular flexibility index (Phi) is 5.51. The molecule has 0 N–H and O–H groups in total. The third kappa shape index (κ3) is 4.59. The molecule has 0 saturated carbocycles. The van der Waals surface area contributed by atoms with Gasteiger partial charge in [0.2, 0.25) is 5.88 Å². The molecule has 0 bridgehead atoms. The molecule has 0 saturated heterocycles. The Morgan fingerprint density at radius 3 is 2.56 bits per heavy atom. The van der Waals surface area contributed by atoms with Crippen molar-refractivity contribution in [1.29, 1.82) is 0 Å². The molecule has 6 nitrogen and oxygen atoms in total. The second kappa shape index (κ2) is 7.26. The molecule has 0 fully saturated rings. The molecule has 0 unspecified atom stereocenters. The lowest BCUT2D eigenvalue weighted by Gasteiger charge is -2.11. The van der Waals surface area contributed by atoms with Crippen LogP contribution in [0.3, 0.4) is 0 Å². The summed E-state index contributed by atoms with van der Waals surface area (Å²) < 4.78 is 69.1. The van der Waals surface area contributed by atoms with Gasteiger partial charge in [-0.05, 0) is 26.0 Å². The molecular weight excluding hydrogens is 361 g/mol. The van der Waals surface area contributed by atoms with Gasteiger partial charge in [-0.2, -0.15) is 31.6 Å². The van der Waals surface area contributed by atoms with Crippen LogP contribution in [-0.4, -0.2) is 30.5 Å². The number of allylic oxidation sites excluding steroid dienone is 1. The van der Waals surface area contributed by atoms with E-state index in [4.69, 9.17) is 4.74 Å². The zero-order chi connectivity index (χ0) is 18.7. The summed E-state index contributed by atoms with van der Waals surface area (Å²) in [5.74, 6) is -0.0538. The van der Waals surface area contributed by atoms with Crippen molar-refractivity contribution in [2.24, 2.45) is 0 Å². The van der Waals surface area contributed by atoms with Crippen LogP contribution in [0.1, 0.15) is 20.3 Å². The summed E-state index contributed by atoms with van der Waals surface area (Å²) in [6.45, 7) is 3.97. The van der Waals surface area contributed by atoms with Crippen molar-refractivity contribution in [1.82, 2.24) is 9.97 Å². The number of benzene rings is 1. The number of halogens is 3. The fourth-order valence-corrected chi connectivity index (χ4v) is 2.14. The summed E-state index contributed by atoms with van der Waals surface area (Å²) in [5, 5.41) is 0.428. The molecule has 0 aliphatic heterocycles. The normalized spacial score (nSPS) is 13.1. The van der Waals surface area contributed by atoms with E-state index in [1.807, 2.05) is 19.9 Å². The maximum atomic E-state index is 12.5. The lowest BCUT2D eigenvalue weighted by Crippen LogP contribution is -2.28. The van der Waals surface area contributed by atoms with E-state index in [1.54, 1.807) is 18.2 Å². The van der Waals surface area contributed by atoms with E-state index in [9.17, 15) is 21.6 Å². The molecule has 2 rings (SSSR count). The van der Waals surface area contributed by atoms with Gasteiger partial charge in [0.1, 0.15) is 0 Å². The molecule has 1 aromatic heterocycles. The summed E-state index contributed by atoms with van der Waals surface area (Å²) in [5.41, 5.74) is -4.33. The number of nitrogens with zero attached hydrogens (tertiary/aromatic N) is 2. The van der Waals surface area contributed by atoms with Gasteiger partial charge < -0.3 is 8.92 Å². The Morgan fingerprint density at radius 2 is 1.92 bits per heavy atom. The zero-order valence-corrected chi connectivity index (χ0v) is 14.2. The molecular formula is C15H15F3N2O4S. The Labute approximate surface area is 142 Å². The first-order chi connectivity index (χ1) is 11.6. The first-order valence-electron chi connectivity index (χ1n) is 7.16. The predicted molar refractivity (Wildman–Crippen MR) is 84.7 cm³/mol. The summed E-state index contributed by atoms with van der Waals surface area (Å²) in [7, 11) is -5.86. The third-order valence-corrected chi connectivity index (χ3v) is 4.18. The van der Waals surface area contributed by atoms with Crippen LogP contribution in [0.25, 0.3) is 10.9 Å². The lowest BCUT2D eigenvalue weighted by atomic mass is 10.2. The van der Waals surface area contributed by atoms with Crippen LogP contribution in [-0.2, 0) is 10.1 Å². The molecule has 2 aromatic rings. The molecule has 1 aromatic carbocycles. The van der Waals surface area contributed by atoms with Crippen molar-refractivity contribution in [3.8, 4) is 11.9 Å². The molecule has 0 radical (unpaired) electrons. The minimum absolute atomic E-state index is 0.0538. The van der Waals surface area contributed by atoms with Gasteiger partial charge in [0.05, 0.1) is 17.5 Å². The van der Waals surface area contributed by atoms with Gasteiger partial charge in [0.25, 0.3) is 0 Å². The summed E-state index contributed by atoms with van der Waals surface area (Å²) in [6.07, 6.45) is 2.47. The maximum Gasteiger partial charge on any atom is 0.534 e. The molecule has 0 spiro atoms. The smallest absolute Gasteiger partial charge is 0.477 e. The lowest BCUT2D eigenvalue weighted by molar-refractivity contribution is -0.0502. The van der Waals surface area contributed by atoms with Gasteiger partial charge in [0, 0.05) is 6.42 Å². The topological polar surface area (TPSA) is 78.4 Å². The third-order valence-electron chi connectivity index (χ3n) is 3.24. The van der Waals surface area contributed by atoms with Crippen molar-refractivity contribution >= 4 is 21.0 Å². The first-order valence-corrected chi connectivity index (χ1v) is 8.57. The summed E-state index contributed by atoms with van der Waals surface area (Å²) in [4.78, 5) is 7.36. The number of fused-ring (bicyclic) bond motifs is 1. The molecule has 0 amide bonds. The molecule has 0 aliphatic rings. The van der Waals surface area contributed by atoms with Gasteiger partial charge in [-0.15, -0.1) is 0 Å². The van der Waals surface area contributed by atoms with Crippen molar-refractivity contribution in [3.05, 3.63) is 35.9 Å². The Hall–Kier alpha value is -2.36. The fourth-order valence-electron chi connectivity index (χ4n) is 1.77. The highest BCUT2D eigenvalue weighted by molar-refractivity contribution is 7.87. The van der Waals surface area contributed by atoms with Gasteiger partial charge in [-0.3, -0.25) is 0 Å². The number of rotatable bonds is 6. The average molecular weight is 376 g/mol. The van der Waals surface area contributed by atoms with E-state index in [0.29, 0.717) is 11.8 Å². The van der Waals surface area contributed by atoms with Crippen molar-refractivity contribution in [2.75, 3.05) is 6.61 Å². The van der Waals surface area contributed by atoms with Gasteiger partial charge in [-0.1, -0.05) is 23.8 Å². The zero-order valence-electron chi connectivity index (χ0n) is 13.4. The van der Waals surface area contributed by atoms with Gasteiger partial charge >= 0.3 is 21.6 Å². The van der Waals surface area contributed by atoms with Crippen molar-refractivity contribution in [2.45, 2.75) is 25.8 Å². The maximum absolute atomic E-state index is 12.5. The second-order valence-electron chi connectivity index (χ2n) is 5.05. The fraction of sp³-hybridized carbons (Fsp3) is 0.333. The van der Waals surface area contributed by atoms with Crippen LogP contribution in [0.5, 0.6) is 11.9 Å². The molecule has 1 heterocycles. The number of ether oxygens (including phenoxy) is 1. The van der Waals surface area contributed by atoms with Crippen molar-refractivity contribution in [3.63, 3.8) is 0 Å². The monoisotopic (exact) mass is 376 g/mol. The molecule has 0 atom stereocenters. The van der Waals surface area contributed by atoms with E-state index in [2.05, 4.69) is 14.2 Å². The van der Waals surface area contributed by atoms with Gasteiger partial charge in [-0.25, -0.2) is 0 Å². The van der Waals surface area contributed by atoms with Crippen molar-refractivity contribution < 1.29 is 30.5 Å². The van der Waals surface area contributed by atoms with Crippen LogP contribution in [0.4, 0.5) is 13.2 Å². The molecule has 0 aliphatic carbocycles. The number of hydrogen-bond donors (Lipinski definition) is 0. The Bertz CT molecular complexity index is 895. The quantitative estimate of drug-likeness (QED) is 0.436. The number of aromatic nitrogens is 2. The van der Waals surface area contributed by atoms with E-state index >= 15 is 0 Å². The van der Waals surface area contributed by atoms with Crippen LogP contribution in [0.2, 0.25) is 0 Å². The highest BCUT2D eigenvalue weighted by atomic mass is 32.2. The van der Waals surface area contributed by atoms with E-state index in [0.717, 1.165) is 5.57 Å². The van der Waals surface area contributed by atoms with Crippen LogP contribution < -0.4 is 8.92 Å². The highest BCUT2D eigenvalue weighted by Crippen LogP contribution is 2.29. The predicted octanol–water partition coefficient (Wildman–Crippen LogP) is 3.59. The SMILES string of the molecule is C/C=C(\C)CCOc1nc(OS(=O)(=O)C(F)(F)F)nc2ccccc12. The minimum Gasteiger partial charge on any atom is -0.477 e. The van der Waals surface area contributed by atoms with E-state index in [1.165, 1.54) is 6.07 Å². The average Bonchev–Trinajstić information content (AvgIpc) is 2.53. The van der Waals surface area contributed by atoms with Gasteiger partial charge in [0.15, 0.2) is 0 Å². The number of hydrogen-bond acceptors (Lipinski definition) is 6. The molecule has 10 heteroatoms. The first kappa shape index (κ1) is 19.0. The Balaban J connectivity index is 2.37. The standard InChI is InChI=1S/C15H15F3N2O4S/c1-3-10(2)8-9-23-13-11-6-4-5-7-12(11)19-14(20-13)24-25(21,22)15(16,17)18/h3-7H,8-9H2,1-2H3/b10-3+. The Morgan fingerprint density at radius 1 is 1.24 bits per heavy atom. The molecule has 25 heavy (non-hydrogen) atoms. The summed E-state index contributed by atoms with van der Waals surface area (Å²) >= 11 is 0. The second-order valence-corrected chi connectivity index (χ2v) is 6.58. The minimum atomic E-state index is -5.86. The van der Waals surface area contributed by atoms with E-state index in [-0.39, 0.29) is 18.0 Å².